The highest BCUT2D eigenvalue weighted by Crippen LogP contribution is 2.29. The molecule has 7 heteroatoms. The number of carbonyl (C=O) groups is 1. The summed E-state index contributed by atoms with van der Waals surface area (Å²) in [6.45, 7) is 5.45. The summed E-state index contributed by atoms with van der Waals surface area (Å²) in [6.07, 6.45) is 0.980. The van der Waals surface area contributed by atoms with Crippen LogP contribution in [0.4, 0.5) is 0 Å². The van der Waals surface area contributed by atoms with Crippen LogP contribution in [0.15, 0.2) is 15.8 Å². The zero-order valence-electron chi connectivity index (χ0n) is 11.3. The molecule has 0 fully saturated rings. The molecular weight excluding hydrogens is 310 g/mol. The van der Waals surface area contributed by atoms with Crippen LogP contribution in [0.5, 0.6) is 0 Å². The predicted octanol–water partition coefficient (Wildman–Crippen LogP) is 2.97. The SMILES string of the molecule is Cc1nnc(SC(C)C(=O)N2CCc3sccc3C2)s1. The van der Waals surface area contributed by atoms with Gasteiger partial charge in [-0.05, 0) is 37.3 Å². The molecule has 0 N–H and O–H groups in total. The van der Waals surface area contributed by atoms with Gasteiger partial charge >= 0.3 is 0 Å². The molecule has 1 amide bonds. The molecule has 0 saturated carbocycles. The zero-order chi connectivity index (χ0) is 14.1. The van der Waals surface area contributed by atoms with Crippen LogP contribution < -0.4 is 0 Å². The molecule has 0 spiro atoms. The van der Waals surface area contributed by atoms with Gasteiger partial charge in [0.1, 0.15) is 5.01 Å². The lowest BCUT2D eigenvalue weighted by Gasteiger charge is -2.28. The number of thiophene rings is 1. The van der Waals surface area contributed by atoms with Crippen LogP contribution in [0.25, 0.3) is 0 Å². The third kappa shape index (κ3) is 2.89. The van der Waals surface area contributed by atoms with Crippen LogP contribution in [0.2, 0.25) is 0 Å². The maximum absolute atomic E-state index is 12.5. The molecule has 1 aliphatic heterocycles. The number of rotatable bonds is 3. The summed E-state index contributed by atoms with van der Waals surface area (Å²) in [7, 11) is 0. The van der Waals surface area contributed by atoms with Crippen molar-refractivity contribution in [2.45, 2.75) is 36.4 Å². The molecule has 4 nitrogen and oxygen atoms in total. The molecule has 1 aliphatic rings. The molecule has 0 saturated heterocycles. The van der Waals surface area contributed by atoms with E-state index < -0.39 is 0 Å². The topological polar surface area (TPSA) is 46.1 Å². The fourth-order valence-electron chi connectivity index (χ4n) is 2.22. The first kappa shape index (κ1) is 14.0. The molecule has 1 atom stereocenters. The van der Waals surface area contributed by atoms with Gasteiger partial charge in [0.25, 0.3) is 0 Å². The first-order chi connectivity index (χ1) is 9.63. The first-order valence-electron chi connectivity index (χ1n) is 6.44. The smallest absolute Gasteiger partial charge is 0.236 e. The fraction of sp³-hybridized carbons (Fsp3) is 0.462. The second kappa shape index (κ2) is 5.83. The van der Waals surface area contributed by atoms with Gasteiger partial charge in [-0.15, -0.1) is 21.5 Å². The zero-order valence-corrected chi connectivity index (χ0v) is 13.8. The highest BCUT2D eigenvalue weighted by Gasteiger charge is 2.26. The lowest BCUT2D eigenvalue weighted by molar-refractivity contribution is -0.131. The molecule has 0 bridgehead atoms. The first-order valence-corrected chi connectivity index (χ1v) is 9.02. The highest BCUT2D eigenvalue weighted by molar-refractivity contribution is 8.02. The Morgan fingerprint density at radius 1 is 1.50 bits per heavy atom. The number of hydrogen-bond acceptors (Lipinski definition) is 6. The van der Waals surface area contributed by atoms with Crippen LogP contribution >= 0.6 is 34.4 Å². The van der Waals surface area contributed by atoms with E-state index in [1.807, 2.05) is 18.7 Å². The minimum Gasteiger partial charge on any atom is -0.337 e. The van der Waals surface area contributed by atoms with Gasteiger partial charge in [-0.1, -0.05) is 23.1 Å². The van der Waals surface area contributed by atoms with Crippen molar-refractivity contribution in [1.29, 1.82) is 0 Å². The van der Waals surface area contributed by atoms with E-state index in [1.165, 1.54) is 22.2 Å². The summed E-state index contributed by atoms with van der Waals surface area (Å²) in [5, 5.41) is 11.0. The van der Waals surface area contributed by atoms with Crippen molar-refractivity contribution in [1.82, 2.24) is 15.1 Å². The van der Waals surface area contributed by atoms with Crippen molar-refractivity contribution in [3.05, 3.63) is 26.9 Å². The van der Waals surface area contributed by atoms with Gasteiger partial charge in [0.05, 0.1) is 5.25 Å². The number of nitrogens with zero attached hydrogens (tertiary/aromatic N) is 3. The number of amides is 1. The van der Waals surface area contributed by atoms with Gasteiger partial charge in [0, 0.05) is 18.0 Å². The summed E-state index contributed by atoms with van der Waals surface area (Å²) >= 11 is 4.84. The van der Waals surface area contributed by atoms with E-state index in [0.29, 0.717) is 0 Å². The summed E-state index contributed by atoms with van der Waals surface area (Å²) in [5.41, 5.74) is 1.30. The lowest BCUT2D eigenvalue weighted by Crippen LogP contribution is -2.39. The monoisotopic (exact) mass is 325 g/mol. The molecule has 1 unspecified atom stereocenters. The van der Waals surface area contributed by atoms with Crippen LogP contribution in [-0.4, -0.2) is 32.8 Å². The molecule has 106 valence electrons. The van der Waals surface area contributed by atoms with Gasteiger partial charge < -0.3 is 4.90 Å². The molecule has 0 aliphatic carbocycles. The van der Waals surface area contributed by atoms with Crippen molar-refractivity contribution in [2.75, 3.05) is 6.54 Å². The molecule has 0 radical (unpaired) electrons. The molecule has 3 rings (SSSR count). The van der Waals surface area contributed by atoms with Crippen molar-refractivity contribution in [3.63, 3.8) is 0 Å². The number of thioether (sulfide) groups is 1. The molecule has 20 heavy (non-hydrogen) atoms. The van der Waals surface area contributed by atoms with E-state index in [4.69, 9.17) is 0 Å². The van der Waals surface area contributed by atoms with E-state index in [2.05, 4.69) is 21.6 Å². The van der Waals surface area contributed by atoms with Crippen molar-refractivity contribution in [3.8, 4) is 0 Å². The third-order valence-electron chi connectivity index (χ3n) is 3.25. The maximum atomic E-state index is 12.5. The van der Waals surface area contributed by atoms with Crippen LogP contribution in [0.3, 0.4) is 0 Å². The van der Waals surface area contributed by atoms with Gasteiger partial charge in [-0.25, -0.2) is 0 Å². The summed E-state index contributed by atoms with van der Waals surface area (Å²) in [5.74, 6) is 0.194. The van der Waals surface area contributed by atoms with Crippen LogP contribution in [0.1, 0.15) is 22.4 Å². The Kier molecular flexibility index (Phi) is 4.09. The van der Waals surface area contributed by atoms with E-state index >= 15 is 0 Å². The van der Waals surface area contributed by atoms with Gasteiger partial charge in [-0.2, -0.15) is 0 Å². The number of aryl methyl sites for hydroxylation is 1. The second-order valence-electron chi connectivity index (χ2n) is 4.73. The normalized spacial score (nSPS) is 16.0. The Hall–Kier alpha value is -0.920. The van der Waals surface area contributed by atoms with Crippen molar-refractivity contribution >= 4 is 40.3 Å². The number of fused-ring (bicyclic) bond motifs is 1. The molecule has 2 aromatic rings. The third-order valence-corrected chi connectivity index (χ3v) is 6.29. The average molecular weight is 325 g/mol. The quantitative estimate of drug-likeness (QED) is 0.814. The fourth-order valence-corrected chi connectivity index (χ4v) is 5.15. The van der Waals surface area contributed by atoms with Gasteiger partial charge in [0.15, 0.2) is 4.34 Å². The minimum atomic E-state index is -0.109. The van der Waals surface area contributed by atoms with E-state index in [0.717, 1.165) is 28.9 Å². The van der Waals surface area contributed by atoms with E-state index in [1.54, 1.807) is 22.7 Å². The summed E-state index contributed by atoms with van der Waals surface area (Å²) < 4.78 is 0.872. The number of carbonyl (C=O) groups excluding carboxylic acids is 1. The molecule has 2 aromatic heterocycles. The summed E-state index contributed by atoms with van der Waals surface area (Å²) in [6, 6.07) is 2.13. The lowest BCUT2D eigenvalue weighted by atomic mass is 10.1. The highest BCUT2D eigenvalue weighted by atomic mass is 32.2. The minimum absolute atomic E-state index is 0.109. The average Bonchev–Trinajstić information content (AvgIpc) is 3.05. The standard InChI is InChI=1S/C13H15N3OS3/c1-8(19-13-15-14-9(2)20-13)12(17)16-5-3-11-10(7-16)4-6-18-11/h4,6,8H,3,5,7H2,1-2H3. The molecule has 3 heterocycles. The molecule has 0 aromatic carbocycles. The van der Waals surface area contributed by atoms with E-state index in [-0.39, 0.29) is 11.2 Å². The number of aromatic nitrogens is 2. The Morgan fingerprint density at radius 2 is 2.35 bits per heavy atom. The Balaban J connectivity index is 1.64. The number of hydrogen-bond donors (Lipinski definition) is 0. The second-order valence-corrected chi connectivity index (χ2v) is 8.50. The largest absolute Gasteiger partial charge is 0.337 e. The van der Waals surface area contributed by atoms with E-state index in [9.17, 15) is 4.79 Å². The Labute approximate surface area is 130 Å². The van der Waals surface area contributed by atoms with Crippen LogP contribution in [0, 0.1) is 6.92 Å². The Morgan fingerprint density at radius 3 is 3.10 bits per heavy atom. The van der Waals surface area contributed by atoms with Crippen molar-refractivity contribution < 1.29 is 4.79 Å². The maximum Gasteiger partial charge on any atom is 0.236 e. The van der Waals surface area contributed by atoms with Crippen LogP contribution in [-0.2, 0) is 17.8 Å². The Bertz CT molecular complexity index is 622. The summed E-state index contributed by atoms with van der Waals surface area (Å²) in [4.78, 5) is 15.9. The predicted molar refractivity (Wildman–Crippen MR) is 83.4 cm³/mol. The molecular formula is C13H15N3OS3. The van der Waals surface area contributed by atoms with Gasteiger partial charge in [0.2, 0.25) is 5.91 Å². The van der Waals surface area contributed by atoms with Gasteiger partial charge in [-0.3, -0.25) is 4.79 Å². The van der Waals surface area contributed by atoms with Crippen molar-refractivity contribution in [2.24, 2.45) is 0 Å².